The molecule has 0 saturated carbocycles. The van der Waals surface area contributed by atoms with Crippen LogP contribution in [0.2, 0.25) is 0 Å². The number of fused-ring (bicyclic) bond motifs is 1. The molecule has 14 heteroatoms. The third kappa shape index (κ3) is 6.96. The number of benzene rings is 1. The number of hydrogen-bond acceptors (Lipinski definition) is 12. The Balaban J connectivity index is 1.67. The van der Waals surface area contributed by atoms with Crippen molar-refractivity contribution in [3.63, 3.8) is 0 Å². The molecule has 0 saturated heterocycles. The van der Waals surface area contributed by atoms with Crippen molar-refractivity contribution >= 4 is 43.9 Å². The van der Waals surface area contributed by atoms with Gasteiger partial charge in [0.05, 0.1) is 6.61 Å². The molecule has 36 heavy (non-hydrogen) atoms. The van der Waals surface area contributed by atoms with Crippen molar-refractivity contribution in [3.05, 3.63) is 35.4 Å². The summed E-state index contributed by atoms with van der Waals surface area (Å²) in [5.74, 6) is 0.208. The first-order valence-corrected chi connectivity index (χ1v) is 11.8. The quantitative estimate of drug-likeness (QED) is 0.0703. The second kappa shape index (κ2) is 13.0. The molecular weight excluding hydrogens is 539 g/mol. The standard InChI is InChI=1S/C22H29N6O7Se/c1-34-6-7-35-21-26-19(23)16-20(27-21)28(22(36)25-16)10-13-4-2-12(3-5-13)8-24-9-14(30)17(32)18(33)15(31)11-29/h2-5,8,14-15,17-18,29-33H,6-7,9-11H2,1H3,(H2,23,26,27). The Bertz CT molecular complexity index is 1160. The molecule has 13 nitrogen and oxygen atoms in total. The Hall–Kier alpha value is -2.68. The molecule has 0 fully saturated rings. The van der Waals surface area contributed by atoms with Gasteiger partial charge in [0.1, 0.15) is 12.2 Å². The van der Waals surface area contributed by atoms with E-state index in [1.807, 2.05) is 28.8 Å². The van der Waals surface area contributed by atoms with E-state index in [1.54, 1.807) is 7.11 Å². The van der Waals surface area contributed by atoms with Crippen LogP contribution in [-0.2, 0) is 11.3 Å². The zero-order valence-electron chi connectivity index (χ0n) is 19.5. The van der Waals surface area contributed by atoms with Crippen LogP contribution in [0.1, 0.15) is 11.1 Å². The van der Waals surface area contributed by atoms with Gasteiger partial charge in [-0.15, -0.1) is 0 Å². The normalized spacial score (nSPS) is 15.3. The fourth-order valence-electron chi connectivity index (χ4n) is 3.23. The van der Waals surface area contributed by atoms with E-state index < -0.39 is 31.0 Å². The molecule has 0 bridgehead atoms. The van der Waals surface area contributed by atoms with Crippen LogP contribution in [0.25, 0.3) is 11.2 Å². The predicted octanol–water partition coefficient (Wildman–Crippen LogP) is -2.87. The van der Waals surface area contributed by atoms with E-state index in [4.69, 9.17) is 20.3 Å². The predicted molar refractivity (Wildman–Crippen MR) is 132 cm³/mol. The van der Waals surface area contributed by atoms with Gasteiger partial charge in [-0.25, -0.2) is 0 Å². The minimum absolute atomic E-state index is 0.135. The van der Waals surface area contributed by atoms with Gasteiger partial charge in [0, 0.05) is 0 Å². The Kier molecular flexibility index (Phi) is 10.1. The summed E-state index contributed by atoms with van der Waals surface area (Å²) in [5.41, 5.74) is 8.72. The molecule has 7 N–H and O–H groups in total. The number of aliphatic hydroxyl groups is 5. The van der Waals surface area contributed by atoms with Crippen LogP contribution < -0.4 is 15.2 Å². The molecule has 3 rings (SSSR count). The van der Waals surface area contributed by atoms with Crippen molar-refractivity contribution in [2.45, 2.75) is 31.0 Å². The third-order valence-corrected chi connectivity index (χ3v) is 5.92. The fraction of sp³-hybridized carbons (Fsp3) is 0.455. The van der Waals surface area contributed by atoms with E-state index in [1.165, 1.54) is 6.21 Å². The Labute approximate surface area is 215 Å². The molecule has 0 aliphatic heterocycles. The zero-order valence-corrected chi connectivity index (χ0v) is 21.2. The number of nitrogens with zero attached hydrogens (tertiary/aromatic N) is 5. The summed E-state index contributed by atoms with van der Waals surface area (Å²) in [7, 11) is 1.57. The zero-order chi connectivity index (χ0) is 26.2. The van der Waals surface area contributed by atoms with Crippen molar-refractivity contribution < 1.29 is 35.0 Å². The molecule has 0 amide bonds. The first-order valence-electron chi connectivity index (χ1n) is 11.0. The second-order valence-corrected chi connectivity index (χ2v) is 8.69. The SMILES string of the molecule is COCCOc1nc(N)c2nc([Se])n(Cc3ccc(C=NCC(O)C(O)C(O)C(O)CO)cc3)c2n1. The molecule has 1 radical (unpaired) electrons. The number of hydrogen-bond donors (Lipinski definition) is 6. The molecule has 1 aromatic carbocycles. The van der Waals surface area contributed by atoms with Crippen LogP contribution >= 0.6 is 0 Å². The topological polar surface area (TPSA) is 202 Å². The van der Waals surface area contributed by atoms with E-state index in [0.29, 0.717) is 29.0 Å². The number of aliphatic hydroxyl groups excluding tert-OH is 5. The van der Waals surface area contributed by atoms with Crippen molar-refractivity contribution in [3.8, 4) is 6.01 Å². The van der Waals surface area contributed by atoms with E-state index in [0.717, 1.165) is 11.1 Å². The van der Waals surface area contributed by atoms with Gasteiger partial charge in [0.2, 0.25) is 0 Å². The molecule has 0 spiro atoms. The number of rotatable bonds is 13. The Morgan fingerprint density at radius 3 is 2.42 bits per heavy atom. The van der Waals surface area contributed by atoms with Crippen molar-refractivity contribution in [1.82, 2.24) is 19.5 Å². The Morgan fingerprint density at radius 2 is 1.75 bits per heavy atom. The molecule has 2 heterocycles. The summed E-state index contributed by atoms with van der Waals surface area (Å²) in [6.07, 6.45) is -4.80. The average Bonchev–Trinajstić information content (AvgIpc) is 3.19. The van der Waals surface area contributed by atoms with Gasteiger partial charge in [-0.3, -0.25) is 0 Å². The second-order valence-electron chi connectivity index (χ2n) is 7.92. The van der Waals surface area contributed by atoms with Gasteiger partial charge in [-0.2, -0.15) is 0 Å². The van der Waals surface area contributed by atoms with Gasteiger partial charge in [0.15, 0.2) is 0 Å². The maximum atomic E-state index is 9.95. The van der Waals surface area contributed by atoms with E-state index in [9.17, 15) is 20.4 Å². The van der Waals surface area contributed by atoms with Gasteiger partial charge in [-0.05, 0) is 0 Å². The van der Waals surface area contributed by atoms with Crippen LogP contribution in [0.4, 0.5) is 5.82 Å². The van der Waals surface area contributed by atoms with Crippen molar-refractivity contribution in [2.75, 3.05) is 39.2 Å². The molecular formula is C22H29N6O7Se. The van der Waals surface area contributed by atoms with Gasteiger partial charge < -0.3 is 20.4 Å². The number of aromatic nitrogens is 4. The molecule has 2 aromatic heterocycles. The van der Waals surface area contributed by atoms with Crippen LogP contribution in [-0.4, -0.2) is 125 Å². The molecule has 4 unspecified atom stereocenters. The van der Waals surface area contributed by atoms with Gasteiger partial charge in [-0.1, -0.05) is 0 Å². The number of nitrogen functional groups attached to an aromatic ring is 1. The van der Waals surface area contributed by atoms with Crippen LogP contribution in [0.15, 0.2) is 29.3 Å². The minimum atomic E-state index is -1.69. The first-order chi connectivity index (χ1) is 17.2. The van der Waals surface area contributed by atoms with Crippen molar-refractivity contribution in [1.29, 1.82) is 0 Å². The number of imidazole rings is 1. The summed E-state index contributed by atoms with van der Waals surface area (Å²) in [4.78, 5) is 17.1. The molecule has 195 valence electrons. The summed E-state index contributed by atoms with van der Waals surface area (Å²) >= 11 is 2.91. The number of ether oxygens (including phenoxy) is 2. The summed E-state index contributed by atoms with van der Waals surface area (Å²) in [5, 5.41) is 47.7. The number of anilines is 1. The summed E-state index contributed by atoms with van der Waals surface area (Å²) < 4.78 is 12.9. The monoisotopic (exact) mass is 569 g/mol. The van der Waals surface area contributed by atoms with Gasteiger partial charge in [0.25, 0.3) is 0 Å². The van der Waals surface area contributed by atoms with Gasteiger partial charge >= 0.3 is 176 Å². The van der Waals surface area contributed by atoms with E-state index in [2.05, 4.69) is 36.0 Å². The number of nitrogens with two attached hydrogens (primary N) is 1. The number of methoxy groups -OCH3 is 1. The van der Waals surface area contributed by atoms with E-state index >= 15 is 0 Å². The first kappa shape index (κ1) is 27.9. The number of aliphatic imine (C=N–C) groups is 1. The van der Waals surface area contributed by atoms with Crippen molar-refractivity contribution in [2.24, 2.45) is 4.99 Å². The summed E-state index contributed by atoms with van der Waals surface area (Å²) in [6, 6.07) is 7.56. The summed E-state index contributed by atoms with van der Waals surface area (Å²) in [6.45, 7) is 0.170. The van der Waals surface area contributed by atoms with Crippen LogP contribution in [0, 0.1) is 0 Å². The van der Waals surface area contributed by atoms with Crippen LogP contribution in [0.3, 0.4) is 0 Å². The molecule has 0 aliphatic rings. The molecule has 0 aliphatic carbocycles. The van der Waals surface area contributed by atoms with E-state index in [-0.39, 0.29) is 25.0 Å². The third-order valence-electron chi connectivity index (χ3n) is 5.26. The molecule has 4 atom stereocenters. The fourth-order valence-corrected chi connectivity index (χ4v) is 3.74. The van der Waals surface area contributed by atoms with Crippen LogP contribution in [0.5, 0.6) is 6.01 Å². The Morgan fingerprint density at radius 1 is 1.06 bits per heavy atom. The maximum absolute atomic E-state index is 9.95. The average molecular weight is 568 g/mol. The molecule has 3 aromatic rings.